The Labute approximate surface area is 128 Å². The topological polar surface area (TPSA) is 34.1 Å². The van der Waals surface area contributed by atoms with Crippen LogP contribution in [-0.4, -0.2) is 11.1 Å². The summed E-state index contributed by atoms with van der Waals surface area (Å²) in [4.78, 5) is 4.23. The van der Waals surface area contributed by atoms with Crippen LogP contribution in [0.4, 0.5) is 5.69 Å². The fourth-order valence-electron chi connectivity index (χ4n) is 1.75. The Kier molecular flexibility index (Phi) is 5.10. The first-order chi connectivity index (χ1) is 9.54. The second-order valence-electron chi connectivity index (χ2n) is 4.65. The van der Waals surface area contributed by atoms with E-state index in [9.17, 15) is 0 Å². The summed E-state index contributed by atoms with van der Waals surface area (Å²) in [6, 6.07) is 9.25. The van der Waals surface area contributed by atoms with E-state index >= 15 is 0 Å². The third-order valence-corrected chi connectivity index (χ3v) is 2.96. The van der Waals surface area contributed by atoms with Crippen molar-refractivity contribution in [2.75, 3.05) is 5.32 Å². The van der Waals surface area contributed by atoms with E-state index in [2.05, 4.69) is 10.3 Å². The minimum Gasteiger partial charge on any atom is -0.473 e. The van der Waals surface area contributed by atoms with Gasteiger partial charge in [0, 0.05) is 22.8 Å². The number of nitrogens with zero attached hydrogens (tertiary/aromatic N) is 1. The summed E-state index contributed by atoms with van der Waals surface area (Å²) in [5, 5.41) is 4.53. The van der Waals surface area contributed by atoms with Crippen molar-refractivity contribution in [2.45, 2.75) is 26.5 Å². The van der Waals surface area contributed by atoms with Gasteiger partial charge in [-0.05, 0) is 49.7 Å². The maximum Gasteiger partial charge on any atom is 0.237 e. The Balaban J connectivity index is 2.10. The molecule has 0 aliphatic heterocycles. The molecule has 0 saturated carbocycles. The lowest BCUT2D eigenvalue weighted by Crippen LogP contribution is -2.10. The zero-order chi connectivity index (χ0) is 14.5. The third-order valence-electron chi connectivity index (χ3n) is 2.52. The molecule has 0 spiro atoms. The first kappa shape index (κ1) is 14.9. The second-order valence-corrected chi connectivity index (χ2v) is 5.53. The summed E-state index contributed by atoms with van der Waals surface area (Å²) >= 11 is 12.0. The Bertz CT molecular complexity index is 568. The quantitative estimate of drug-likeness (QED) is 0.862. The van der Waals surface area contributed by atoms with E-state index in [0.29, 0.717) is 22.5 Å². The van der Waals surface area contributed by atoms with Crippen molar-refractivity contribution in [3.8, 4) is 5.88 Å². The van der Waals surface area contributed by atoms with Gasteiger partial charge < -0.3 is 10.1 Å². The molecule has 0 aliphatic carbocycles. The molecule has 1 N–H and O–H groups in total. The van der Waals surface area contributed by atoms with Gasteiger partial charge in [0.15, 0.2) is 0 Å². The molecule has 1 heterocycles. The minimum absolute atomic E-state index is 0.0751. The number of hydrogen-bond donors (Lipinski definition) is 1. The van der Waals surface area contributed by atoms with Crippen molar-refractivity contribution in [1.82, 2.24) is 4.98 Å². The number of benzene rings is 1. The van der Waals surface area contributed by atoms with Gasteiger partial charge in [-0.3, -0.25) is 0 Å². The molecule has 1 aromatic heterocycles. The van der Waals surface area contributed by atoms with Crippen molar-refractivity contribution < 1.29 is 4.74 Å². The Hall–Kier alpha value is -1.45. The summed E-state index contributed by atoms with van der Waals surface area (Å²) in [5.41, 5.74) is 1.85. The molecule has 0 saturated heterocycles. The fourth-order valence-corrected chi connectivity index (χ4v) is 2.32. The molecule has 2 rings (SSSR count). The lowest BCUT2D eigenvalue weighted by atomic mass is 10.2. The number of nitrogens with one attached hydrogen (secondary N) is 1. The number of ether oxygens (including phenoxy) is 1. The average Bonchev–Trinajstić information content (AvgIpc) is 2.36. The SMILES string of the molecule is CC(C)Oc1ncccc1NCc1cc(Cl)cc(Cl)c1. The van der Waals surface area contributed by atoms with Gasteiger partial charge in [-0.1, -0.05) is 23.2 Å². The second kappa shape index (κ2) is 6.82. The van der Waals surface area contributed by atoms with Gasteiger partial charge >= 0.3 is 0 Å². The zero-order valence-corrected chi connectivity index (χ0v) is 12.9. The molecule has 106 valence electrons. The maximum absolute atomic E-state index is 5.98. The van der Waals surface area contributed by atoms with Crippen LogP contribution in [0.5, 0.6) is 5.88 Å². The molecule has 0 atom stereocenters. The van der Waals surface area contributed by atoms with Crippen LogP contribution in [-0.2, 0) is 6.54 Å². The maximum atomic E-state index is 5.98. The van der Waals surface area contributed by atoms with Crippen LogP contribution in [0.2, 0.25) is 10.0 Å². The molecule has 5 heteroatoms. The highest BCUT2D eigenvalue weighted by Crippen LogP contribution is 2.24. The smallest absolute Gasteiger partial charge is 0.237 e. The lowest BCUT2D eigenvalue weighted by Gasteiger charge is -2.14. The molecule has 1 aromatic carbocycles. The van der Waals surface area contributed by atoms with E-state index in [1.807, 2.05) is 38.1 Å². The molecule has 20 heavy (non-hydrogen) atoms. The van der Waals surface area contributed by atoms with Gasteiger partial charge in [0.2, 0.25) is 5.88 Å². The lowest BCUT2D eigenvalue weighted by molar-refractivity contribution is 0.234. The Morgan fingerprint density at radius 1 is 1.20 bits per heavy atom. The number of anilines is 1. The van der Waals surface area contributed by atoms with Crippen LogP contribution in [0.25, 0.3) is 0 Å². The third kappa shape index (κ3) is 4.29. The summed E-state index contributed by atoms with van der Waals surface area (Å²) < 4.78 is 5.66. The van der Waals surface area contributed by atoms with E-state index in [1.54, 1.807) is 12.3 Å². The molecule has 2 aromatic rings. The van der Waals surface area contributed by atoms with Crippen LogP contribution in [0.15, 0.2) is 36.5 Å². The summed E-state index contributed by atoms with van der Waals surface area (Å²) in [6.07, 6.45) is 1.78. The van der Waals surface area contributed by atoms with E-state index in [-0.39, 0.29) is 6.10 Å². The largest absolute Gasteiger partial charge is 0.473 e. The highest BCUT2D eigenvalue weighted by atomic mass is 35.5. The van der Waals surface area contributed by atoms with Crippen molar-refractivity contribution in [3.05, 3.63) is 52.1 Å². The Morgan fingerprint density at radius 3 is 2.55 bits per heavy atom. The van der Waals surface area contributed by atoms with Gasteiger partial charge in [0.05, 0.1) is 11.8 Å². The normalized spacial score (nSPS) is 10.7. The molecule has 0 bridgehead atoms. The number of halogens is 2. The average molecular weight is 311 g/mol. The molecule has 0 amide bonds. The first-order valence-corrected chi connectivity index (χ1v) is 7.10. The molecule has 0 fully saturated rings. The van der Waals surface area contributed by atoms with Gasteiger partial charge in [0.25, 0.3) is 0 Å². The van der Waals surface area contributed by atoms with E-state index in [0.717, 1.165) is 11.3 Å². The van der Waals surface area contributed by atoms with E-state index < -0.39 is 0 Å². The minimum atomic E-state index is 0.0751. The highest BCUT2D eigenvalue weighted by molar-refractivity contribution is 6.34. The monoisotopic (exact) mass is 310 g/mol. The standard InChI is InChI=1S/C15H16Cl2N2O/c1-10(2)20-15-14(4-3-5-18-15)19-9-11-6-12(16)8-13(17)7-11/h3-8,10,19H,9H2,1-2H3. The van der Waals surface area contributed by atoms with E-state index in [4.69, 9.17) is 27.9 Å². The van der Waals surface area contributed by atoms with Crippen molar-refractivity contribution >= 4 is 28.9 Å². The number of pyridine rings is 1. The first-order valence-electron chi connectivity index (χ1n) is 6.35. The van der Waals surface area contributed by atoms with Gasteiger partial charge in [0.1, 0.15) is 0 Å². The molecule has 0 radical (unpaired) electrons. The van der Waals surface area contributed by atoms with Gasteiger partial charge in [-0.25, -0.2) is 4.98 Å². The summed E-state index contributed by atoms with van der Waals surface area (Å²) in [7, 11) is 0. The highest BCUT2D eigenvalue weighted by Gasteiger charge is 2.06. The van der Waals surface area contributed by atoms with Crippen LogP contribution in [0.1, 0.15) is 19.4 Å². The molecule has 0 unspecified atom stereocenters. The zero-order valence-electron chi connectivity index (χ0n) is 11.4. The molecular formula is C15H16Cl2N2O. The number of rotatable bonds is 5. The van der Waals surface area contributed by atoms with Crippen LogP contribution >= 0.6 is 23.2 Å². The van der Waals surface area contributed by atoms with Crippen molar-refractivity contribution in [3.63, 3.8) is 0 Å². The molecular weight excluding hydrogens is 295 g/mol. The summed E-state index contributed by atoms with van der Waals surface area (Å²) in [6.45, 7) is 4.53. The van der Waals surface area contributed by atoms with Crippen LogP contribution < -0.4 is 10.1 Å². The predicted molar refractivity (Wildman–Crippen MR) is 83.8 cm³/mol. The van der Waals surface area contributed by atoms with E-state index in [1.165, 1.54) is 0 Å². The van der Waals surface area contributed by atoms with Gasteiger partial charge in [-0.15, -0.1) is 0 Å². The Morgan fingerprint density at radius 2 is 1.90 bits per heavy atom. The number of hydrogen-bond acceptors (Lipinski definition) is 3. The summed E-state index contributed by atoms with van der Waals surface area (Å²) in [5.74, 6) is 0.593. The fraction of sp³-hybridized carbons (Fsp3) is 0.267. The number of aromatic nitrogens is 1. The molecule has 0 aliphatic rings. The van der Waals surface area contributed by atoms with Crippen LogP contribution in [0.3, 0.4) is 0 Å². The van der Waals surface area contributed by atoms with Crippen molar-refractivity contribution in [2.24, 2.45) is 0 Å². The van der Waals surface area contributed by atoms with Crippen molar-refractivity contribution in [1.29, 1.82) is 0 Å². The van der Waals surface area contributed by atoms with Crippen LogP contribution in [0, 0.1) is 0 Å². The predicted octanol–water partition coefficient (Wildman–Crippen LogP) is 4.79. The van der Waals surface area contributed by atoms with Gasteiger partial charge in [-0.2, -0.15) is 0 Å². The molecule has 3 nitrogen and oxygen atoms in total.